The highest BCUT2D eigenvalue weighted by Gasteiger charge is 2.20. The number of hydrogen-bond acceptors (Lipinski definition) is 4. The fourth-order valence-corrected chi connectivity index (χ4v) is 4.61. The summed E-state index contributed by atoms with van der Waals surface area (Å²) in [5.41, 5.74) is 2.24. The molecule has 0 aliphatic rings. The van der Waals surface area contributed by atoms with Gasteiger partial charge >= 0.3 is 0 Å². The van der Waals surface area contributed by atoms with Crippen LogP contribution in [0.3, 0.4) is 0 Å². The molecule has 5 nitrogen and oxygen atoms in total. The summed E-state index contributed by atoms with van der Waals surface area (Å²) in [4.78, 5) is 13.0. The van der Waals surface area contributed by atoms with Crippen molar-refractivity contribution in [3.8, 4) is 11.8 Å². The normalized spacial score (nSPS) is 10.6. The van der Waals surface area contributed by atoms with Crippen molar-refractivity contribution in [3.63, 3.8) is 0 Å². The Morgan fingerprint density at radius 2 is 1.48 bits per heavy atom. The van der Waals surface area contributed by atoms with Crippen LogP contribution >= 0.6 is 12.2 Å². The Balaban J connectivity index is 1.73. The molecule has 1 amide bonds. The van der Waals surface area contributed by atoms with E-state index in [4.69, 9.17) is 12.2 Å². The Bertz CT molecular complexity index is 1290. The number of rotatable bonds is 7. The highest BCUT2D eigenvalue weighted by molar-refractivity contribution is 7.92. The molecule has 168 valence electrons. The minimum atomic E-state index is -3.91. The Morgan fingerprint density at radius 1 is 0.879 bits per heavy atom. The molecule has 3 rings (SSSR count). The molecular formula is C26H24N2O3S2. The van der Waals surface area contributed by atoms with Gasteiger partial charge < -0.3 is 5.32 Å². The quantitative estimate of drug-likeness (QED) is 0.366. The molecule has 0 heterocycles. The number of carbonyl (C=O) groups excluding carboxylic acids is 1. The van der Waals surface area contributed by atoms with Gasteiger partial charge in [0.2, 0.25) is 0 Å². The van der Waals surface area contributed by atoms with Gasteiger partial charge in [-0.25, -0.2) is 8.42 Å². The minimum Gasteiger partial charge on any atom is -0.321 e. The monoisotopic (exact) mass is 476 g/mol. The minimum absolute atomic E-state index is 0.0393. The Kier molecular flexibility index (Phi) is 8.36. The smallest absolute Gasteiger partial charge is 0.264 e. The Labute approximate surface area is 200 Å². The molecule has 0 aliphatic carbocycles. The van der Waals surface area contributed by atoms with Gasteiger partial charge in [-0.05, 0) is 61.4 Å². The summed E-state index contributed by atoms with van der Waals surface area (Å²) in [7, 11) is -3.91. The molecule has 2 N–H and O–H groups in total. The van der Waals surface area contributed by atoms with Gasteiger partial charge in [0, 0.05) is 16.7 Å². The van der Waals surface area contributed by atoms with E-state index in [1.54, 1.807) is 42.5 Å². The van der Waals surface area contributed by atoms with Crippen molar-refractivity contribution in [2.24, 2.45) is 0 Å². The number of anilines is 1. The van der Waals surface area contributed by atoms with E-state index in [0.717, 1.165) is 24.0 Å². The summed E-state index contributed by atoms with van der Waals surface area (Å²) in [6.45, 7) is 2.00. The van der Waals surface area contributed by atoms with Gasteiger partial charge in [-0.3, -0.25) is 9.52 Å². The van der Waals surface area contributed by atoms with Gasteiger partial charge in [0.25, 0.3) is 15.9 Å². The lowest BCUT2D eigenvalue weighted by Crippen LogP contribution is -2.30. The molecule has 0 saturated carbocycles. The first-order valence-electron chi connectivity index (χ1n) is 10.5. The SMILES string of the molecule is CCCCC(=S)NS(=O)(=O)c1ccccc1NC(=O)c1ccc(C#Cc2ccccc2)cc1. The molecule has 0 radical (unpaired) electrons. The summed E-state index contributed by atoms with van der Waals surface area (Å²) in [5, 5.41) is 2.69. The summed E-state index contributed by atoms with van der Waals surface area (Å²) in [5.74, 6) is 5.70. The number of benzene rings is 3. The summed E-state index contributed by atoms with van der Waals surface area (Å²) >= 11 is 5.15. The van der Waals surface area contributed by atoms with Crippen LogP contribution in [-0.4, -0.2) is 19.3 Å². The molecule has 0 saturated heterocycles. The molecule has 7 heteroatoms. The zero-order chi connectivity index (χ0) is 23.7. The van der Waals surface area contributed by atoms with Crippen LogP contribution in [0.1, 0.15) is 47.7 Å². The average molecular weight is 477 g/mol. The lowest BCUT2D eigenvalue weighted by Gasteiger charge is -2.13. The van der Waals surface area contributed by atoms with E-state index in [2.05, 4.69) is 21.9 Å². The van der Waals surface area contributed by atoms with Crippen molar-refractivity contribution in [2.45, 2.75) is 31.1 Å². The number of para-hydroxylation sites is 1. The predicted molar refractivity (Wildman–Crippen MR) is 136 cm³/mol. The molecule has 0 aliphatic heterocycles. The van der Waals surface area contributed by atoms with Crippen molar-refractivity contribution >= 4 is 38.8 Å². The van der Waals surface area contributed by atoms with E-state index in [9.17, 15) is 13.2 Å². The number of amides is 1. The number of sulfonamides is 1. The van der Waals surface area contributed by atoms with E-state index in [1.165, 1.54) is 6.07 Å². The van der Waals surface area contributed by atoms with E-state index in [0.29, 0.717) is 12.0 Å². The van der Waals surface area contributed by atoms with Crippen LogP contribution in [0.2, 0.25) is 0 Å². The van der Waals surface area contributed by atoms with Crippen molar-refractivity contribution < 1.29 is 13.2 Å². The zero-order valence-corrected chi connectivity index (χ0v) is 19.8. The van der Waals surface area contributed by atoms with Gasteiger partial charge in [0.05, 0.1) is 10.7 Å². The lowest BCUT2D eigenvalue weighted by molar-refractivity contribution is 0.102. The van der Waals surface area contributed by atoms with E-state index < -0.39 is 15.9 Å². The van der Waals surface area contributed by atoms with Crippen LogP contribution in [0, 0.1) is 11.8 Å². The second-order valence-corrected chi connectivity index (χ2v) is 9.42. The van der Waals surface area contributed by atoms with Crippen LogP contribution in [0.5, 0.6) is 0 Å². The number of carbonyl (C=O) groups is 1. The maximum atomic E-state index is 12.8. The zero-order valence-electron chi connectivity index (χ0n) is 18.2. The maximum Gasteiger partial charge on any atom is 0.264 e. The largest absolute Gasteiger partial charge is 0.321 e. The Morgan fingerprint density at radius 3 is 2.15 bits per heavy atom. The standard InChI is InChI=1S/C26H24N2O3S2/c1-2-3-13-25(32)28-33(30,31)24-12-8-7-11-23(24)27-26(29)22-18-16-21(17-19-22)15-14-20-9-5-4-6-10-20/h4-12,16-19H,2-3,13H2,1H3,(H,27,29)(H,28,32). The fourth-order valence-electron chi connectivity index (χ4n) is 2.96. The lowest BCUT2D eigenvalue weighted by atomic mass is 10.1. The fraction of sp³-hybridized carbons (Fsp3) is 0.154. The molecule has 0 fully saturated rings. The second kappa shape index (κ2) is 11.4. The molecule has 33 heavy (non-hydrogen) atoms. The van der Waals surface area contributed by atoms with Crippen molar-refractivity contribution in [1.29, 1.82) is 0 Å². The third kappa shape index (κ3) is 7.01. The number of hydrogen-bond donors (Lipinski definition) is 2. The van der Waals surface area contributed by atoms with Crippen LogP contribution in [0.15, 0.2) is 83.8 Å². The van der Waals surface area contributed by atoms with Crippen molar-refractivity contribution in [3.05, 3.63) is 95.6 Å². The maximum absolute atomic E-state index is 12.8. The van der Waals surface area contributed by atoms with E-state index in [-0.39, 0.29) is 15.6 Å². The van der Waals surface area contributed by atoms with Gasteiger partial charge in [-0.2, -0.15) is 0 Å². The third-order valence-corrected chi connectivity index (χ3v) is 6.59. The van der Waals surface area contributed by atoms with Gasteiger partial charge in [-0.15, -0.1) is 0 Å². The molecule has 0 atom stereocenters. The first-order chi connectivity index (χ1) is 15.9. The predicted octanol–water partition coefficient (Wildman–Crippen LogP) is 5.13. The highest BCUT2D eigenvalue weighted by atomic mass is 32.2. The second-order valence-electron chi connectivity index (χ2n) is 7.28. The summed E-state index contributed by atoms with van der Waals surface area (Å²) in [6, 6.07) is 22.7. The number of thiocarbonyl (C=S) groups is 1. The van der Waals surface area contributed by atoms with Gasteiger partial charge in [0.15, 0.2) is 0 Å². The third-order valence-electron chi connectivity index (χ3n) is 4.70. The van der Waals surface area contributed by atoms with Gasteiger partial charge in [-0.1, -0.05) is 67.7 Å². The summed E-state index contributed by atoms with van der Waals surface area (Å²) < 4.78 is 28.1. The molecule has 3 aromatic carbocycles. The first-order valence-corrected chi connectivity index (χ1v) is 12.4. The molecule has 0 spiro atoms. The summed E-state index contributed by atoms with van der Waals surface area (Å²) in [6.07, 6.45) is 2.19. The Hall–Kier alpha value is -3.47. The molecule has 0 aromatic heterocycles. The van der Waals surface area contributed by atoms with Crippen molar-refractivity contribution in [1.82, 2.24) is 4.72 Å². The molecule has 0 unspecified atom stereocenters. The van der Waals surface area contributed by atoms with Gasteiger partial charge in [0.1, 0.15) is 4.90 Å². The highest BCUT2D eigenvalue weighted by Crippen LogP contribution is 2.22. The topological polar surface area (TPSA) is 75.3 Å². The number of unbranched alkanes of at least 4 members (excludes halogenated alkanes) is 1. The van der Waals surface area contributed by atoms with Crippen molar-refractivity contribution in [2.75, 3.05) is 5.32 Å². The van der Waals surface area contributed by atoms with E-state index in [1.807, 2.05) is 37.3 Å². The molecular weight excluding hydrogens is 452 g/mol. The molecule has 0 bridgehead atoms. The van der Waals surface area contributed by atoms with Crippen LogP contribution in [0.25, 0.3) is 0 Å². The average Bonchev–Trinajstić information content (AvgIpc) is 2.82. The van der Waals surface area contributed by atoms with Crippen LogP contribution < -0.4 is 10.0 Å². The first kappa shape index (κ1) is 24.2. The van der Waals surface area contributed by atoms with E-state index >= 15 is 0 Å². The van der Waals surface area contributed by atoms with Crippen LogP contribution in [-0.2, 0) is 10.0 Å². The number of nitrogens with one attached hydrogen (secondary N) is 2. The van der Waals surface area contributed by atoms with Crippen LogP contribution in [0.4, 0.5) is 5.69 Å². The molecule has 3 aromatic rings.